The molecule has 0 radical (unpaired) electrons. The van der Waals surface area contributed by atoms with E-state index in [1.807, 2.05) is 0 Å². The van der Waals surface area contributed by atoms with Gasteiger partial charge in [-0.1, -0.05) is 26.0 Å². The summed E-state index contributed by atoms with van der Waals surface area (Å²) in [5.74, 6) is 3.49. The molecule has 0 spiro atoms. The molecule has 4 unspecified atom stereocenters. The molecule has 0 aromatic rings. The molecule has 0 N–H and O–H groups in total. The summed E-state index contributed by atoms with van der Waals surface area (Å²) < 4.78 is 22.5. The highest BCUT2D eigenvalue weighted by atomic mass is 16.5. The molecule has 0 amide bonds. The highest BCUT2D eigenvalue weighted by Gasteiger charge is 2.39. The summed E-state index contributed by atoms with van der Waals surface area (Å²) in [6.07, 6.45) is 15.8. The summed E-state index contributed by atoms with van der Waals surface area (Å²) in [6.45, 7) is 11.6. The zero-order chi connectivity index (χ0) is 22.0. The minimum absolute atomic E-state index is 0.345. The van der Waals surface area contributed by atoms with Crippen LogP contribution < -0.4 is 0 Å². The Labute approximate surface area is 195 Å². The van der Waals surface area contributed by atoms with E-state index in [2.05, 4.69) is 26.0 Å². The fourth-order valence-corrected chi connectivity index (χ4v) is 6.55. The van der Waals surface area contributed by atoms with Gasteiger partial charge in [0.1, 0.15) is 0 Å². The summed E-state index contributed by atoms with van der Waals surface area (Å²) in [5.41, 5.74) is 3.86. The average molecular weight is 445 g/mol. The first-order valence-corrected chi connectivity index (χ1v) is 13.3. The topological polar surface area (TPSA) is 36.9 Å². The first-order valence-electron chi connectivity index (χ1n) is 13.3. The van der Waals surface area contributed by atoms with Gasteiger partial charge in [-0.25, -0.2) is 0 Å². The molecule has 2 aliphatic heterocycles. The number of allylic oxidation sites excluding steroid dienone is 2. The van der Waals surface area contributed by atoms with Crippen molar-refractivity contribution in [1.29, 1.82) is 0 Å². The summed E-state index contributed by atoms with van der Waals surface area (Å²) in [5, 5.41) is 0. The summed E-state index contributed by atoms with van der Waals surface area (Å²) >= 11 is 0. The molecule has 4 fully saturated rings. The third kappa shape index (κ3) is 4.89. The molecule has 32 heavy (non-hydrogen) atoms. The largest absolute Gasteiger partial charge is 0.380 e. The molecule has 2 saturated heterocycles. The Bertz CT molecular complexity index is 631. The van der Waals surface area contributed by atoms with Crippen molar-refractivity contribution in [3.05, 3.63) is 23.3 Å². The van der Waals surface area contributed by atoms with Gasteiger partial charge in [0.05, 0.1) is 52.9 Å². The van der Waals surface area contributed by atoms with E-state index in [1.54, 1.807) is 11.1 Å². The van der Waals surface area contributed by atoms with Crippen LogP contribution in [0.1, 0.15) is 65.2 Å². The van der Waals surface area contributed by atoms with Crippen molar-refractivity contribution in [3.63, 3.8) is 0 Å². The standard InChI is InChI=1S/2C14H22O2/c2*1-2-14(9-16-10-14)8-15-7-13-6-11-3-4-12(13)5-11/h2*6,11-12H,2-5,7-10H2,1H3. The molecule has 4 atom stereocenters. The molecular weight excluding hydrogens is 400 g/mol. The second kappa shape index (κ2) is 9.90. The van der Waals surface area contributed by atoms with Gasteiger partial charge < -0.3 is 18.9 Å². The van der Waals surface area contributed by atoms with Crippen molar-refractivity contribution in [2.75, 3.05) is 52.9 Å². The Kier molecular flexibility index (Phi) is 7.14. The minimum atomic E-state index is 0.345. The van der Waals surface area contributed by atoms with Gasteiger partial charge in [0.25, 0.3) is 0 Å². The highest BCUT2D eigenvalue weighted by molar-refractivity contribution is 5.20. The maximum Gasteiger partial charge on any atom is 0.0679 e. The van der Waals surface area contributed by atoms with E-state index >= 15 is 0 Å². The second-order valence-electron chi connectivity index (χ2n) is 11.7. The number of hydrogen-bond donors (Lipinski definition) is 0. The third-order valence-electron chi connectivity index (χ3n) is 9.38. The van der Waals surface area contributed by atoms with E-state index in [0.717, 1.165) is 76.5 Å². The molecule has 4 bridgehead atoms. The predicted molar refractivity (Wildman–Crippen MR) is 127 cm³/mol. The molecule has 2 saturated carbocycles. The Hall–Kier alpha value is -0.680. The highest BCUT2D eigenvalue weighted by Crippen LogP contribution is 2.45. The van der Waals surface area contributed by atoms with Crippen LogP contribution in [0.4, 0.5) is 0 Å². The molecule has 4 heteroatoms. The van der Waals surface area contributed by atoms with Crippen LogP contribution in [0.5, 0.6) is 0 Å². The maximum absolute atomic E-state index is 5.92. The van der Waals surface area contributed by atoms with Gasteiger partial charge in [-0.2, -0.15) is 0 Å². The molecule has 4 nitrogen and oxygen atoms in total. The van der Waals surface area contributed by atoms with Crippen LogP contribution in [0, 0.1) is 34.5 Å². The van der Waals surface area contributed by atoms with Crippen molar-refractivity contribution < 1.29 is 18.9 Å². The monoisotopic (exact) mass is 444 g/mol. The summed E-state index contributed by atoms with van der Waals surface area (Å²) in [4.78, 5) is 0. The normalized spacial score (nSPS) is 34.9. The zero-order valence-corrected chi connectivity index (χ0v) is 20.4. The number of ether oxygens (including phenoxy) is 4. The van der Waals surface area contributed by atoms with Gasteiger partial charge in [0, 0.05) is 10.8 Å². The smallest absolute Gasteiger partial charge is 0.0679 e. The molecule has 0 aromatic heterocycles. The number of fused-ring (bicyclic) bond motifs is 4. The Morgan fingerprint density at radius 1 is 0.719 bits per heavy atom. The fourth-order valence-electron chi connectivity index (χ4n) is 6.55. The lowest BCUT2D eigenvalue weighted by atomic mass is 9.84. The second-order valence-corrected chi connectivity index (χ2v) is 11.7. The van der Waals surface area contributed by atoms with E-state index in [0.29, 0.717) is 10.8 Å². The van der Waals surface area contributed by atoms with Crippen molar-refractivity contribution in [2.24, 2.45) is 34.5 Å². The lowest BCUT2D eigenvalue weighted by Crippen LogP contribution is -2.45. The van der Waals surface area contributed by atoms with E-state index in [4.69, 9.17) is 18.9 Å². The quantitative estimate of drug-likeness (QED) is 0.413. The van der Waals surface area contributed by atoms with Crippen molar-refractivity contribution in [3.8, 4) is 0 Å². The van der Waals surface area contributed by atoms with Gasteiger partial charge in [-0.15, -0.1) is 0 Å². The van der Waals surface area contributed by atoms with Gasteiger partial charge >= 0.3 is 0 Å². The maximum atomic E-state index is 5.92. The average Bonchev–Trinajstić information content (AvgIpc) is 3.54. The summed E-state index contributed by atoms with van der Waals surface area (Å²) in [7, 11) is 0. The molecule has 4 aliphatic carbocycles. The molecule has 6 rings (SSSR count). The first-order chi connectivity index (χ1) is 15.6. The molecule has 2 heterocycles. The number of hydrogen-bond acceptors (Lipinski definition) is 4. The Morgan fingerprint density at radius 2 is 1.16 bits per heavy atom. The van der Waals surface area contributed by atoms with Crippen molar-refractivity contribution in [2.45, 2.75) is 65.2 Å². The van der Waals surface area contributed by atoms with E-state index in [-0.39, 0.29) is 0 Å². The molecule has 180 valence electrons. The van der Waals surface area contributed by atoms with Crippen molar-refractivity contribution in [1.82, 2.24) is 0 Å². The minimum Gasteiger partial charge on any atom is -0.380 e. The van der Waals surface area contributed by atoms with Crippen LogP contribution in [0.25, 0.3) is 0 Å². The predicted octanol–water partition coefficient (Wildman–Crippen LogP) is 5.57. The fraction of sp³-hybridized carbons (Fsp3) is 0.857. The van der Waals surface area contributed by atoms with Crippen molar-refractivity contribution >= 4 is 0 Å². The van der Waals surface area contributed by atoms with Crippen LogP contribution in [0.2, 0.25) is 0 Å². The SMILES string of the molecule is CCC1(COCC2=CC3CCC2C3)COC1.CCC1(COCC2=CC3CCC2C3)COC1. The van der Waals surface area contributed by atoms with Crippen LogP contribution in [-0.4, -0.2) is 52.9 Å². The molecule has 0 aromatic carbocycles. The lowest BCUT2D eigenvalue weighted by molar-refractivity contribution is -0.148. The Balaban J connectivity index is 0.000000135. The Morgan fingerprint density at radius 3 is 1.41 bits per heavy atom. The lowest BCUT2D eigenvalue weighted by Gasteiger charge is -2.40. The molecule has 6 aliphatic rings. The van der Waals surface area contributed by atoms with Gasteiger partial charge in [0.2, 0.25) is 0 Å². The summed E-state index contributed by atoms with van der Waals surface area (Å²) in [6, 6.07) is 0. The van der Waals surface area contributed by atoms with Crippen LogP contribution in [0.3, 0.4) is 0 Å². The number of rotatable bonds is 10. The van der Waals surface area contributed by atoms with E-state index in [1.165, 1.54) is 51.4 Å². The van der Waals surface area contributed by atoms with E-state index in [9.17, 15) is 0 Å². The molecular formula is C28H44O4. The van der Waals surface area contributed by atoms with E-state index < -0.39 is 0 Å². The van der Waals surface area contributed by atoms with Gasteiger partial charge in [0.15, 0.2) is 0 Å². The first kappa shape index (κ1) is 23.1. The third-order valence-corrected chi connectivity index (χ3v) is 9.38. The van der Waals surface area contributed by atoms with Crippen LogP contribution >= 0.6 is 0 Å². The van der Waals surface area contributed by atoms with Crippen LogP contribution in [-0.2, 0) is 18.9 Å². The van der Waals surface area contributed by atoms with Crippen LogP contribution in [0.15, 0.2) is 23.3 Å². The van der Waals surface area contributed by atoms with Gasteiger partial charge in [-0.3, -0.25) is 0 Å². The zero-order valence-electron chi connectivity index (χ0n) is 20.4. The van der Waals surface area contributed by atoms with Gasteiger partial charge in [-0.05, 0) is 86.2 Å².